The van der Waals surface area contributed by atoms with Gasteiger partial charge >= 0.3 is 0 Å². The molecule has 3 rings (SSSR count). The summed E-state index contributed by atoms with van der Waals surface area (Å²) in [5, 5.41) is 2.11. The number of hydrogen-bond donors (Lipinski definition) is 1. The monoisotopic (exact) mass is 340 g/mol. The second-order valence-corrected chi connectivity index (χ2v) is 6.39. The summed E-state index contributed by atoms with van der Waals surface area (Å²) in [6.07, 6.45) is -0.164. The lowest BCUT2D eigenvalue weighted by Crippen LogP contribution is -2.42. The number of halogens is 2. The number of rotatable bonds is 2. The van der Waals surface area contributed by atoms with Gasteiger partial charge in [-0.05, 0) is 23.6 Å². The van der Waals surface area contributed by atoms with E-state index in [2.05, 4.69) is 0 Å². The van der Waals surface area contributed by atoms with Gasteiger partial charge in [-0.15, -0.1) is 11.3 Å². The zero-order valence-corrected chi connectivity index (χ0v) is 13.2. The van der Waals surface area contributed by atoms with Crippen molar-refractivity contribution in [2.45, 2.75) is 6.10 Å². The third-order valence-corrected chi connectivity index (χ3v) is 4.72. The molecule has 0 spiro atoms. The van der Waals surface area contributed by atoms with Gasteiger partial charge < -0.3 is 15.4 Å². The molecule has 0 bridgehead atoms. The molecule has 1 aromatic carbocycles. The quantitative estimate of drug-likeness (QED) is 0.853. The summed E-state index contributed by atoms with van der Waals surface area (Å²) in [5.41, 5.74) is 5.60. The van der Waals surface area contributed by atoms with Crippen molar-refractivity contribution in [3.63, 3.8) is 0 Å². The number of thiophene rings is 1. The molecule has 1 aliphatic rings. The van der Waals surface area contributed by atoms with Gasteiger partial charge in [-0.25, -0.2) is 4.39 Å². The summed E-state index contributed by atoms with van der Waals surface area (Å²) < 4.78 is 19.4. The van der Waals surface area contributed by atoms with Gasteiger partial charge in [0.2, 0.25) is 0 Å². The number of carbonyl (C=O) groups excluding carboxylic acids is 1. The normalized spacial score (nSPS) is 18.5. The van der Waals surface area contributed by atoms with Gasteiger partial charge in [0, 0.05) is 16.4 Å². The van der Waals surface area contributed by atoms with Crippen LogP contribution in [0, 0.1) is 5.82 Å². The van der Waals surface area contributed by atoms with Gasteiger partial charge in [-0.1, -0.05) is 17.7 Å². The average Bonchev–Trinajstić information content (AvgIpc) is 3.05. The molecule has 1 aromatic heterocycles. The first-order valence-corrected chi connectivity index (χ1v) is 8.01. The van der Waals surface area contributed by atoms with Crippen molar-refractivity contribution >= 4 is 34.5 Å². The zero-order chi connectivity index (χ0) is 15.7. The molecule has 1 aliphatic heterocycles. The second kappa shape index (κ2) is 6.24. The molecule has 2 aromatic rings. The van der Waals surface area contributed by atoms with Crippen LogP contribution in [-0.2, 0) is 4.74 Å². The summed E-state index contributed by atoms with van der Waals surface area (Å²) in [6.45, 7) is 1.28. The number of nitrogen functional groups attached to an aromatic ring is 1. The number of nitrogens with zero attached hydrogens (tertiary/aromatic N) is 1. The number of benzene rings is 1. The Morgan fingerprint density at radius 3 is 3.05 bits per heavy atom. The van der Waals surface area contributed by atoms with Gasteiger partial charge in [0.15, 0.2) is 0 Å². The van der Waals surface area contributed by atoms with Crippen LogP contribution in [0.15, 0.2) is 29.6 Å². The van der Waals surface area contributed by atoms with E-state index in [-0.39, 0.29) is 28.3 Å². The van der Waals surface area contributed by atoms with Crippen LogP contribution in [0.5, 0.6) is 0 Å². The Morgan fingerprint density at radius 1 is 1.50 bits per heavy atom. The predicted molar refractivity (Wildman–Crippen MR) is 84.7 cm³/mol. The van der Waals surface area contributed by atoms with Crippen LogP contribution in [0.1, 0.15) is 21.3 Å². The molecular weight excluding hydrogens is 327 g/mol. The average molecular weight is 341 g/mol. The molecule has 116 valence electrons. The maximum atomic E-state index is 13.7. The van der Waals surface area contributed by atoms with Crippen molar-refractivity contribution < 1.29 is 13.9 Å². The lowest BCUT2D eigenvalue weighted by atomic mass is 10.1. The molecule has 7 heteroatoms. The number of hydrogen-bond acceptors (Lipinski definition) is 4. The number of anilines is 1. The molecule has 1 fully saturated rings. The van der Waals surface area contributed by atoms with Crippen molar-refractivity contribution in [2.75, 3.05) is 25.4 Å². The molecule has 0 aliphatic carbocycles. The van der Waals surface area contributed by atoms with Crippen LogP contribution in [0.25, 0.3) is 0 Å². The first kappa shape index (κ1) is 15.3. The minimum atomic E-state index is -0.682. The highest BCUT2D eigenvalue weighted by Gasteiger charge is 2.28. The van der Waals surface area contributed by atoms with Gasteiger partial charge in [-0.3, -0.25) is 4.79 Å². The molecular formula is C15H14ClFN2O2S. The van der Waals surface area contributed by atoms with Gasteiger partial charge in [0.25, 0.3) is 5.91 Å². The van der Waals surface area contributed by atoms with Gasteiger partial charge in [-0.2, -0.15) is 0 Å². The fourth-order valence-electron chi connectivity index (χ4n) is 2.41. The van der Waals surface area contributed by atoms with E-state index in [1.807, 2.05) is 17.5 Å². The van der Waals surface area contributed by atoms with E-state index in [0.717, 1.165) is 10.9 Å². The Bertz CT molecular complexity index is 693. The lowest BCUT2D eigenvalue weighted by molar-refractivity contribution is -0.0211. The minimum Gasteiger partial charge on any atom is -0.396 e. The first-order valence-electron chi connectivity index (χ1n) is 6.75. The maximum Gasteiger partial charge on any atom is 0.256 e. The first-order chi connectivity index (χ1) is 10.6. The Hall–Kier alpha value is -1.63. The van der Waals surface area contributed by atoms with Crippen molar-refractivity contribution in [2.24, 2.45) is 0 Å². The van der Waals surface area contributed by atoms with Crippen LogP contribution in [-0.4, -0.2) is 30.5 Å². The van der Waals surface area contributed by atoms with Crippen LogP contribution in [0.3, 0.4) is 0 Å². The smallest absolute Gasteiger partial charge is 0.256 e. The van der Waals surface area contributed by atoms with Crippen LogP contribution < -0.4 is 5.73 Å². The third-order valence-electron chi connectivity index (χ3n) is 3.54. The Kier molecular flexibility index (Phi) is 4.33. The van der Waals surface area contributed by atoms with Gasteiger partial charge in [0.1, 0.15) is 11.9 Å². The van der Waals surface area contributed by atoms with Crippen molar-refractivity contribution in [3.05, 3.63) is 50.9 Å². The van der Waals surface area contributed by atoms with Crippen LogP contribution in [0.2, 0.25) is 5.02 Å². The summed E-state index contributed by atoms with van der Waals surface area (Å²) in [4.78, 5) is 15.3. The zero-order valence-electron chi connectivity index (χ0n) is 11.6. The Labute approximate surface area is 136 Å². The molecule has 2 N–H and O–H groups in total. The summed E-state index contributed by atoms with van der Waals surface area (Å²) >= 11 is 7.40. The highest BCUT2D eigenvalue weighted by Crippen LogP contribution is 2.29. The molecule has 1 atom stereocenters. The molecule has 22 heavy (non-hydrogen) atoms. The summed E-state index contributed by atoms with van der Waals surface area (Å²) in [5.74, 6) is -1.01. The highest BCUT2D eigenvalue weighted by atomic mass is 35.5. The number of nitrogens with two attached hydrogens (primary N) is 1. The van der Waals surface area contributed by atoms with Crippen molar-refractivity contribution in [1.82, 2.24) is 4.90 Å². The summed E-state index contributed by atoms with van der Waals surface area (Å²) in [6, 6.07) is 6.41. The van der Waals surface area contributed by atoms with E-state index in [9.17, 15) is 9.18 Å². The van der Waals surface area contributed by atoms with Crippen LogP contribution in [0.4, 0.5) is 10.1 Å². The molecule has 4 nitrogen and oxygen atoms in total. The Balaban J connectivity index is 1.83. The van der Waals surface area contributed by atoms with Gasteiger partial charge in [0.05, 0.1) is 24.4 Å². The summed E-state index contributed by atoms with van der Waals surface area (Å²) in [7, 11) is 0. The SMILES string of the molecule is Nc1c(F)cc(Cl)cc1C(=O)N1CCO[C@@H](c2cccs2)C1. The van der Waals surface area contributed by atoms with Crippen molar-refractivity contribution in [1.29, 1.82) is 0 Å². The standard InChI is InChI=1S/C15H14ClFN2O2S/c16-9-6-10(14(18)11(17)7-9)15(20)19-3-4-21-12(8-19)13-2-1-5-22-13/h1-2,5-7,12H,3-4,8,18H2/t12-/m1/s1. The van der Waals surface area contributed by atoms with Crippen LogP contribution >= 0.6 is 22.9 Å². The van der Waals surface area contributed by atoms with E-state index >= 15 is 0 Å². The largest absolute Gasteiger partial charge is 0.396 e. The highest BCUT2D eigenvalue weighted by molar-refractivity contribution is 7.10. The Morgan fingerprint density at radius 2 is 2.32 bits per heavy atom. The van der Waals surface area contributed by atoms with E-state index in [1.54, 1.807) is 16.2 Å². The van der Waals surface area contributed by atoms with E-state index in [0.29, 0.717) is 19.7 Å². The lowest BCUT2D eigenvalue weighted by Gasteiger charge is -2.32. The predicted octanol–water partition coefficient (Wildman–Crippen LogP) is 3.34. The molecule has 0 unspecified atom stereocenters. The number of ether oxygens (including phenoxy) is 1. The number of carbonyl (C=O) groups is 1. The number of morpholine rings is 1. The maximum absolute atomic E-state index is 13.7. The molecule has 0 saturated carbocycles. The third kappa shape index (κ3) is 2.95. The van der Waals surface area contributed by atoms with E-state index in [4.69, 9.17) is 22.1 Å². The van der Waals surface area contributed by atoms with Crippen molar-refractivity contribution in [3.8, 4) is 0 Å². The molecule has 2 heterocycles. The topological polar surface area (TPSA) is 55.6 Å². The van der Waals surface area contributed by atoms with E-state index < -0.39 is 5.82 Å². The fourth-order valence-corrected chi connectivity index (χ4v) is 3.38. The molecule has 1 saturated heterocycles. The molecule has 1 amide bonds. The molecule has 0 radical (unpaired) electrons. The second-order valence-electron chi connectivity index (χ2n) is 4.97. The number of amides is 1. The van der Waals surface area contributed by atoms with E-state index in [1.165, 1.54) is 6.07 Å². The fraction of sp³-hybridized carbons (Fsp3) is 0.267. The minimum absolute atomic E-state index is 0.0943.